The molecular weight excluding hydrogens is 650 g/mol. The number of hydrogen-bond donors (Lipinski definition) is 9. The number of para-hydroxylation sites is 1. The molecule has 1 aromatic heterocycles. The first-order chi connectivity index (χ1) is 23.8. The number of carboxylic acid groups (broad SMARTS) is 1. The topological polar surface area (TPSA) is 276 Å². The van der Waals surface area contributed by atoms with Gasteiger partial charge in [0.1, 0.15) is 24.4 Å². The van der Waals surface area contributed by atoms with Crippen molar-refractivity contribution in [3.8, 4) is 0 Å². The van der Waals surface area contributed by atoms with Crippen LogP contribution in [-0.2, 0) is 40.0 Å². The molecule has 1 fully saturated rings. The van der Waals surface area contributed by atoms with E-state index >= 15 is 0 Å². The number of primary amides is 1. The summed E-state index contributed by atoms with van der Waals surface area (Å²) < 4.78 is 0. The van der Waals surface area contributed by atoms with Gasteiger partial charge in [-0.25, -0.2) is 0 Å². The average molecular weight is 700 g/mol. The standard InChI is InChI=1S/C34H49N7O9/c1-19(43)30(41-31(47)24(35)15-20-7-3-2-4-8-20)34(50)40-27(16-21-17-37-25-10-6-5-9-23(21)25)33(49)39-26(12-13-28(36)44)32(48)38-22(18-42)11-14-29(45)46/h5-6,9-10,17-20,22,24,26-27,30,37,43H,2-4,7-8,11-16,35H2,1H3,(H2,36,44)(H,38,48)(H,39,49)(H,40,50)(H,41,47)(H,45,46)/t19-,22+,24+,26+,27+,30+/m1/s1. The molecule has 274 valence electrons. The first kappa shape index (κ1) is 39.6. The zero-order chi connectivity index (χ0) is 36.8. The molecule has 1 aliphatic rings. The van der Waals surface area contributed by atoms with Crippen molar-refractivity contribution in [2.45, 2.75) is 114 Å². The summed E-state index contributed by atoms with van der Waals surface area (Å²) in [5.74, 6) is -4.90. The van der Waals surface area contributed by atoms with Gasteiger partial charge in [-0.2, -0.15) is 0 Å². The molecule has 0 radical (unpaired) electrons. The maximum atomic E-state index is 13.9. The van der Waals surface area contributed by atoms with E-state index in [4.69, 9.17) is 16.6 Å². The number of nitrogens with one attached hydrogen (secondary N) is 5. The number of H-pyrrole nitrogens is 1. The van der Waals surface area contributed by atoms with Gasteiger partial charge in [-0.3, -0.25) is 28.8 Å². The number of fused-ring (bicyclic) bond motifs is 1. The lowest BCUT2D eigenvalue weighted by atomic mass is 9.85. The monoisotopic (exact) mass is 699 g/mol. The number of amides is 5. The minimum absolute atomic E-state index is 0.0943. The largest absolute Gasteiger partial charge is 0.481 e. The Labute approximate surface area is 289 Å². The van der Waals surface area contributed by atoms with Gasteiger partial charge < -0.3 is 52.7 Å². The number of aliphatic carboxylic acids is 1. The highest BCUT2D eigenvalue weighted by Gasteiger charge is 2.34. The molecule has 0 bridgehead atoms. The third kappa shape index (κ3) is 12.2. The zero-order valence-corrected chi connectivity index (χ0v) is 28.2. The number of benzene rings is 1. The van der Waals surface area contributed by atoms with Gasteiger partial charge in [0.05, 0.1) is 18.2 Å². The number of aromatic amines is 1. The highest BCUT2D eigenvalue weighted by atomic mass is 16.4. The summed E-state index contributed by atoms with van der Waals surface area (Å²) >= 11 is 0. The van der Waals surface area contributed by atoms with Crippen molar-refractivity contribution in [1.82, 2.24) is 26.3 Å². The number of nitrogens with two attached hydrogens (primary N) is 2. The van der Waals surface area contributed by atoms with Crippen LogP contribution < -0.4 is 32.7 Å². The van der Waals surface area contributed by atoms with Gasteiger partial charge in [0.15, 0.2) is 0 Å². The lowest BCUT2D eigenvalue weighted by Crippen LogP contribution is -2.60. The third-order valence-corrected chi connectivity index (χ3v) is 8.92. The van der Waals surface area contributed by atoms with E-state index in [0.29, 0.717) is 18.3 Å². The molecule has 1 aromatic carbocycles. The van der Waals surface area contributed by atoms with E-state index in [-0.39, 0.29) is 31.6 Å². The second-order valence-electron chi connectivity index (χ2n) is 12.9. The van der Waals surface area contributed by atoms with Crippen molar-refractivity contribution in [2.75, 3.05) is 0 Å². The minimum atomic E-state index is -1.48. The molecular formula is C34H49N7O9. The maximum absolute atomic E-state index is 13.9. The van der Waals surface area contributed by atoms with Crippen LogP contribution in [0.3, 0.4) is 0 Å². The lowest BCUT2D eigenvalue weighted by Gasteiger charge is -2.28. The first-order valence-corrected chi connectivity index (χ1v) is 16.9. The summed E-state index contributed by atoms with van der Waals surface area (Å²) in [6.45, 7) is 1.31. The Morgan fingerprint density at radius 2 is 1.56 bits per heavy atom. The fraction of sp³-hybridized carbons (Fsp3) is 0.559. The number of carboxylic acids is 1. The number of aromatic nitrogens is 1. The van der Waals surface area contributed by atoms with Gasteiger partial charge in [-0.15, -0.1) is 0 Å². The molecule has 1 heterocycles. The quantitative estimate of drug-likeness (QED) is 0.0811. The molecule has 2 aromatic rings. The summed E-state index contributed by atoms with van der Waals surface area (Å²) in [6, 6.07) is 0.888. The van der Waals surface area contributed by atoms with Crippen LogP contribution in [0, 0.1) is 5.92 Å². The molecule has 0 spiro atoms. The fourth-order valence-electron chi connectivity index (χ4n) is 6.11. The van der Waals surface area contributed by atoms with Gasteiger partial charge in [-0.05, 0) is 43.7 Å². The summed E-state index contributed by atoms with van der Waals surface area (Å²) in [5, 5.41) is 30.3. The summed E-state index contributed by atoms with van der Waals surface area (Å²) in [5.41, 5.74) is 12.9. The molecule has 16 nitrogen and oxygen atoms in total. The van der Waals surface area contributed by atoms with E-state index < -0.39 is 78.2 Å². The van der Waals surface area contributed by atoms with Crippen LogP contribution in [0.15, 0.2) is 30.5 Å². The number of aldehydes is 1. The van der Waals surface area contributed by atoms with Gasteiger partial charge in [0.25, 0.3) is 0 Å². The van der Waals surface area contributed by atoms with Gasteiger partial charge in [0, 0.05) is 36.4 Å². The van der Waals surface area contributed by atoms with E-state index in [2.05, 4.69) is 26.3 Å². The van der Waals surface area contributed by atoms with E-state index in [0.717, 1.165) is 43.0 Å². The van der Waals surface area contributed by atoms with E-state index in [1.807, 2.05) is 18.2 Å². The van der Waals surface area contributed by atoms with Crippen LogP contribution in [0.2, 0.25) is 0 Å². The van der Waals surface area contributed by atoms with Crippen molar-refractivity contribution in [3.63, 3.8) is 0 Å². The van der Waals surface area contributed by atoms with Gasteiger partial charge in [-0.1, -0.05) is 50.3 Å². The zero-order valence-electron chi connectivity index (χ0n) is 28.2. The fourth-order valence-corrected chi connectivity index (χ4v) is 6.11. The average Bonchev–Trinajstić information content (AvgIpc) is 3.49. The molecule has 16 heteroatoms. The van der Waals surface area contributed by atoms with Crippen LogP contribution in [0.25, 0.3) is 10.9 Å². The molecule has 6 atom stereocenters. The van der Waals surface area contributed by atoms with Crippen LogP contribution >= 0.6 is 0 Å². The Hall–Kier alpha value is -4.83. The van der Waals surface area contributed by atoms with Gasteiger partial charge >= 0.3 is 5.97 Å². The van der Waals surface area contributed by atoms with E-state index in [1.54, 1.807) is 12.3 Å². The SMILES string of the molecule is C[C@@H](O)[C@H](NC(=O)[C@@H](N)CC1CCCCC1)C(=O)N[C@@H](Cc1c[nH]c2ccccc12)C(=O)N[C@@H](CCC(N)=O)C(=O)N[C@H](C=O)CCC(=O)O. The number of aliphatic hydroxyl groups is 1. The minimum Gasteiger partial charge on any atom is -0.481 e. The highest BCUT2D eigenvalue weighted by Crippen LogP contribution is 2.27. The summed E-state index contributed by atoms with van der Waals surface area (Å²) in [4.78, 5) is 91.0. The van der Waals surface area contributed by atoms with Crippen molar-refractivity contribution in [1.29, 1.82) is 0 Å². The third-order valence-electron chi connectivity index (χ3n) is 8.92. The molecule has 5 amide bonds. The van der Waals surface area contributed by atoms with E-state index in [1.165, 1.54) is 6.92 Å². The lowest BCUT2D eigenvalue weighted by molar-refractivity contribution is -0.138. The van der Waals surface area contributed by atoms with Crippen LogP contribution in [0.5, 0.6) is 0 Å². The second kappa shape index (κ2) is 19.4. The summed E-state index contributed by atoms with van der Waals surface area (Å²) in [7, 11) is 0. The molecule has 0 saturated heterocycles. The number of rotatable bonds is 20. The van der Waals surface area contributed by atoms with Crippen molar-refractivity contribution < 1.29 is 43.8 Å². The van der Waals surface area contributed by atoms with E-state index in [9.17, 15) is 38.7 Å². The predicted octanol–water partition coefficient (Wildman–Crippen LogP) is -0.343. The van der Waals surface area contributed by atoms with Crippen LogP contribution in [0.4, 0.5) is 0 Å². The Morgan fingerprint density at radius 1 is 0.900 bits per heavy atom. The predicted molar refractivity (Wildman–Crippen MR) is 182 cm³/mol. The number of aliphatic hydroxyl groups excluding tert-OH is 1. The number of carbonyl (C=O) groups excluding carboxylic acids is 6. The number of hydrogen-bond acceptors (Lipinski definition) is 9. The van der Waals surface area contributed by atoms with Crippen molar-refractivity contribution >= 4 is 52.7 Å². The molecule has 1 saturated carbocycles. The molecule has 50 heavy (non-hydrogen) atoms. The molecule has 1 aliphatic carbocycles. The van der Waals surface area contributed by atoms with Crippen molar-refractivity contribution in [2.24, 2.45) is 17.4 Å². The Balaban J connectivity index is 1.83. The second-order valence-corrected chi connectivity index (χ2v) is 12.9. The Bertz CT molecular complexity index is 1500. The normalized spacial score (nSPS) is 16.9. The highest BCUT2D eigenvalue weighted by molar-refractivity contribution is 5.96. The molecule has 0 aliphatic heterocycles. The molecule has 0 unspecified atom stereocenters. The Kier molecular flexibility index (Phi) is 15.4. The molecule has 11 N–H and O–H groups in total. The maximum Gasteiger partial charge on any atom is 0.303 e. The molecule has 3 rings (SSSR count). The van der Waals surface area contributed by atoms with Crippen LogP contribution in [-0.4, -0.2) is 93.3 Å². The first-order valence-electron chi connectivity index (χ1n) is 16.9. The van der Waals surface area contributed by atoms with Crippen LogP contribution in [0.1, 0.15) is 76.7 Å². The van der Waals surface area contributed by atoms with Crippen molar-refractivity contribution in [3.05, 3.63) is 36.0 Å². The Morgan fingerprint density at radius 3 is 2.20 bits per heavy atom. The summed E-state index contributed by atoms with van der Waals surface area (Å²) in [6.07, 6.45) is 4.95. The number of carbonyl (C=O) groups is 7. The van der Waals surface area contributed by atoms with Gasteiger partial charge in [0.2, 0.25) is 29.5 Å². The smallest absolute Gasteiger partial charge is 0.303 e.